The van der Waals surface area contributed by atoms with Crippen LogP contribution >= 0.6 is 0 Å². The molecular formula is C19H27N3O. The molecule has 0 radical (unpaired) electrons. The van der Waals surface area contributed by atoms with Gasteiger partial charge in [-0.3, -0.25) is 4.79 Å². The molecular weight excluding hydrogens is 286 g/mol. The van der Waals surface area contributed by atoms with Crippen molar-refractivity contribution in [2.45, 2.75) is 59.0 Å². The lowest BCUT2D eigenvalue weighted by atomic mass is 10.1. The molecule has 1 aromatic carbocycles. The number of aromatic nitrogens is 2. The average molecular weight is 313 g/mol. The van der Waals surface area contributed by atoms with Crippen LogP contribution in [0.5, 0.6) is 0 Å². The zero-order valence-corrected chi connectivity index (χ0v) is 14.5. The fourth-order valence-electron chi connectivity index (χ4n) is 3.57. The molecule has 4 heteroatoms. The number of benzene rings is 1. The quantitative estimate of drug-likeness (QED) is 0.831. The summed E-state index contributed by atoms with van der Waals surface area (Å²) < 4.78 is 2.27. The number of nitrogens with zero attached hydrogens (tertiary/aromatic N) is 3. The largest absolute Gasteiger partial charge is 0.333 e. The molecule has 1 fully saturated rings. The molecule has 2 heterocycles. The number of imidazole rings is 1. The van der Waals surface area contributed by atoms with E-state index in [0.29, 0.717) is 12.3 Å². The van der Waals surface area contributed by atoms with E-state index in [2.05, 4.69) is 48.4 Å². The maximum atomic E-state index is 12.6. The van der Waals surface area contributed by atoms with Gasteiger partial charge in [-0.2, -0.15) is 0 Å². The van der Waals surface area contributed by atoms with Gasteiger partial charge in [-0.25, -0.2) is 4.98 Å². The Hall–Kier alpha value is -1.84. The van der Waals surface area contributed by atoms with E-state index in [-0.39, 0.29) is 11.9 Å². The summed E-state index contributed by atoms with van der Waals surface area (Å²) in [6.45, 7) is 8.25. The smallest absolute Gasteiger partial charge is 0.223 e. The molecule has 1 aliphatic heterocycles. The normalized spacial score (nSPS) is 18.3. The van der Waals surface area contributed by atoms with E-state index in [1.165, 1.54) is 5.52 Å². The highest BCUT2D eigenvalue weighted by Gasteiger charge is 2.33. The van der Waals surface area contributed by atoms with Crippen molar-refractivity contribution in [1.82, 2.24) is 14.5 Å². The molecule has 2 aromatic rings. The van der Waals surface area contributed by atoms with Crippen LogP contribution in [0.2, 0.25) is 0 Å². The van der Waals surface area contributed by atoms with Crippen LogP contribution in [0.25, 0.3) is 11.0 Å². The molecule has 1 aliphatic rings. The molecule has 1 aromatic heterocycles. The highest BCUT2D eigenvalue weighted by Crippen LogP contribution is 2.34. The van der Waals surface area contributed by atoms with E-state index < -0.39 is 0 Å². The van der Waals surface area contributed by atoms with Crippen molar-refractivity contribution in [2.75, 3.05) is 6.54 Å². The number of rotatable bonds is 5. The summed E-state index contributed by atoms with van der Waals surface area (Å²) in [5, 5.41) is 0. The van der Waals surface area contributed by atoms with Crippen LogP contribution in [0.15, 0.2) is 24.3 Å². The maximum absolute atomic E-state index is 12.6. The van der Waals surface area contributed by atoms with Gasteiger partial charge in [-0.1, -0.05) is 26.0 Å². The molecule has 1 saturated heterocycles. The van der Waals surface area contributed by atoms with Crippen LogP contribution in [-0.4, -0.2) is 26.9 Å². The molecule has 124 valence electrons. The summed E-state index contributed by atoms with van der Waals surface area (Å²) >= 11 is 0. The maximum Gasteiger partial charge on any atom is 0.223 e. The molecule has 0 saturated carbocycles. The van der Waals surface area contributed by atoms with E-state index in [1.807, 2.05) is 6.07 Å². The number of fused-ring (bicyclic) bond motifs is 1. The zero-order valence-electron chi connectivity index (χ0n) is 14.5. The van der Waals surface area contributed by atoms with Crippen molar-refractivity contribution in [3.8, 4) is 0 Å². The monoisotopic (exact) mass is 313 g/mol. The highest BCUT2D eigenvalue weighted by molar-refractivity contribution is 5.78. The second-order valence-electron chi connectivity index (χ2n) is 6.88. The van der Waals surface area contributed by atoms with Gasteiger partial charge in [0.2, 0.25) is 5.91 Å². The fourth-order valence-corrected chi connectivity index (χ4v) is 3.57. The van der Waals surface area contributed by atoms with Gasteiger partial charge in [0.15, 0.2) is 0 Å². The van der Waals surface area contributed by atoms with Gasteiger partial charge in [0, 0.05) is 19.5 Å². The summed E-state index contributed by atoms with van der Waals surface area (Å²) in [5.41, 5.74) is 2.21. The Balaban J connectivity index is 1.89. The standard InChI is InChI=1S/C19H27N3O/c1-4-21-16-9-6-5-8-15(16)20-19(21)17-10-7-13-22(17)18(23)12-11-14(2)3/h5-6,8-9,14,17H,4,7,10-13H2,1-3H3/t17-/m0/s1. The van der Waals surface area contributed by atoms with E-state index in [9.17, 15) is 4.79 Å². The minimum atomic E-state index is 0.141. The third-order valence-electron chi connectivity index (χ3n) is 4.81. The molecule has 4 nitrogen and oxygen atoms in total. The van der Waals surface area contributed by atoms with E-state index in [4.69, 9.17) is 4.98 Å². The predicted octanol–water partition coefficient (Wildman–Crippen LogP) is 4.16. The molecule has 0 N–H and O–H groups in total. The predicted molar refractivity (Wildman–Crippen MR) is 93.2 cm³/mol. The van der Waals surface area contributed by atoms with E-state index in [0.717, 1.165) is 43.7 Å². The van der Waals surface area contributed by atoms with Crippen LogP contribution in [-0.2, 0) is 11.3 Å². The number of hydrogen-bond donors (Lipinski definition) is 0. The van der Waals surface area contributed by atoms with Gasteiger partial charge in [0.1, 0.15) is 5.82 Å². The molecule has 0 aliphatic carbocycles. The number of aryl methyl sites for hydroxylation is 1. The first kappa shape index (κ1) is 16.0. The lowest BCUT2D eigenvalue weighted by Gasteiger charge is -2.25. The van der Waals surface area contributed by atoms with Crippen LogP contribution in [0.4, 0.5) is 0 Å². The first-order chi connectivity index (χ1) is 11.1. The van der Waals surface area contributed by atoms with E-state index >= 15 is 0 Å². The number of amides is 1. The van der Waals surface area contributed by atoms with Gasteiger partial charge in [0.25, 0.3) is 0 Å². The molecule has 1 atom stereocenters. The molecule has 0 unspecified atom stereocenters. The van der Waals surface area contributed by atoms with Crippen LogP contribution in [0.3, 0.4) is 0 Å². The molecule has 1 amide bonds. The van der Waals surface area contributed by atoms with Crippen LogP contribution < -0.4 is 0 Å². The number of hydrogen-bond acceptors (Lipinski definition) is 2. The molecule has 3 rings (SSSR count). The van der Waals surface area contributed by atoms with Crippen molar-refractivity contribution in [3.63, 3.8) is 0 Å². The summed E-state index contributed by atoms with van der Waals surface area (Å²) in [4.78, 5) is 19.6. The number of likely N-dealkylation sites (tertiary alicyclic amines) is 1. The van der Waals surface area contributed by atoms with Crippen molar-refractivity contribution in [1.29, 1.82) is 0 Å². The van der Waals surface area contributed by atoms with Gasteiger partial charge >= 0.3 is 0 Å². The fraction of sp³-hybridized carbons (Fsp3) is 0.579. The van der Waals surface area contributed by atoms with Crippen LogP contribution in [0.1, 0.15) is 58.3 Å². The van der Waals surface area contributed by atoms with Gasteiger partial charge in [-0.05, 0) is 44.2 Å². The van der Waals surface area contributed by atoms with Crippen molar-refractivity contribution < 1.29 is 4.79 Å². The second-order valence-corrected chi connectivity index (χ2v) is 6.88. The molecule has 23 heavy (non-hydrogen) atoms. The van der Waals surface area contributed by atoms with Crippen molar-refractivity contribution in [2.24, 2.45) is 5.92 Å². The minimum absolute atomic E-state index is 0.141. The van der Waals surface area contributed by atoms with Gasteiger partial charge < -0.3 is 9.47 Å². The summed E-state index contributed by atoms with van der Waals surface area (Å²) in [5.74, 6) is 1.92. The average Bonchev–Trinajstić information content (AvgIpc) is 3.16. The van der Waals surface area contributed by atoms with Gasteiger partial charge in [-0.15, -0.1) is 0 Å². The molecule has 0 spiro atoms. The third-order valence-corrected chi connectivity index (χ3v) is 4.81. The summed E-state index contributed by atoms with van der Waals surface area (Å²) in [6, 6.07) is 8.40. The van der Waals surface area contributed by atoms with Crippen molar-refractivity contribution >= 4 is 16.9 Å². The summed E-state index contributed by atoms with van der Waals surface area (Å²) in [7, 11) is 0. The van der Waals surface area contributed by atoms with E-state index in [1.54, 1.807) is 0 Å². The summed E-state index contributed by atoms with van der Waals surface area (Å²) in [6.07, 6.45) is 3.72. The first-order valence-electron chi connectivity index (χ1n) is 8.86. The number of carbonyl (C=O) groups excluding carboxylic acids is 1. The van der Waals surface area contributed by atoms with Crippen molar-refractivity contribution in [3.05, 3.63) is 30.1 Å². The second kappa shape index (κ2) is 6.73. The first-order valence-corrected chi connectivity index (χ1v) is 8.86. The van der Waals surface area contributed by atoms with Gasteiger partial charge in [0.05, 0.1) is 17.1 Å². The Bertz CT molecular complexity index is 689. The number of para-hydroxylation sites is 2. The SMILES string of the molecule is CCn1c([C@@H]2CCCN2C(=O)CCC(C)C)nc2ccccc21. The molecule has 0 bridgehead atoms. The number of carbonyl (C=O) groups is 1. The Morgan fingerprint density at radius 2 is 2.13 bits per heavy atom. The Labute approximate surface area is 138 Å². The lowest BCUT2D eigenvalue weighted by molar-refractivity contribution is -0.132. The van der Waals surface area contributed by atoms with Crippen LogP contribution in [0, 0.1) is 5.92 Å². The lowest BCUT2D eigenvalue weighted by Crippen LogP contribution is -2.32. The zero-order chi connectivity index (χ0) is 16.4. The minimum Gasteiger partial charge on any atom is -0.333 e. The highest BCUT2D eigenvalue weighted by atomic mass is 16.2. The Kier molecular flexibility index (Phi) is 4.69. The Morgan fingerprint density at radius 3 is 2.87 bits per heavy atom. The Morgan fingerprint density at radius 1 is 1.35 bits per heavy atom. The third kappa shape index (κ3) is 3.12. The topological polar surface area (TPSA) is 38.1 Å².